The van der Waals surface area contributed by atoms with Crippen LogP contribution in [0.1, 0.15) is 12.8 Å². The highest BCUT2D eigenvalue weighted by atomic mass is 35.5. The fraction of sp³-hybridized carbons (Fsp3) is 0.714. The molecule has 1 fully saturated rings. The van der Waals surface area contributed by atoms with Gasteiger partial charge in [0, 0.05) is 13.0 Å². The lowest BCUT2D eigenvalue weighted by Gasteiger charge is -2.23. The van der Waals surface area contributed by atoms with Crippen LogP contribution < -0.4 is 11.1 Å². The maximum Gasteiger partial charge on any atom is 0.332 e. The van der Waals surface area contributed by atoms with Crippen molar-refractivity contribution in [3.63, 3.8) is 0 Å². The summed E-state index contributed by atoms with van der Waals surface area (Å²) in [5.74, 6) is -0.610. The van der Waals surface area contributed by atoms with Crippen molar-refractivity contribution >= 4 is 24.3 Å². The predicted molar refractivity (Wildman–Crippen MR) is 48.4 cm³/mol. The summed E-state index contributed by atoms with van der Waals surface area (Å²) in [6.07, 6.45) is 0.765. The van der Waals surface area contributed by atoms with Crippen LogP contribution in [-0.4, -0.2) is 31.1 Å². The van der Waals surface area contributed by atoms with E-state index in [9.17, 15) is 9.59 Å². The van der Waals surface area contributed by atoms with Gasteiger partial charge in [-0.1, -0.05) is 0 Å². The minimum Gasteiger partial charge on any atom is -0.467 e. The van der Waals surface area contributed by atoms with Crippen LogP contribution in [0.15, 0.2) is 0 Å². The lowest BCUT2D eigenvalue weighted by molar-refractivity contribution is -0.148. The molecule has 0 spiro atoms. The smallest absolute Gasteiger partial charge is 0.332 e. The average molecular weight is 209 g/mol. The summed E-state index contributed by atoms with van der Waals surface area (Å²) in [6, 6.07) is 0. The third-order valence-corrected chi connectivity index (χ3v) is 2.08. The molecule has 0 saturated carbocycles. The van der Waals surface area contributed by atoms with E-state index in [1.54, 1.807) is 0 Å². The van der Waals surface area contributed by atoms with E-state index in [1.165, 1.54) is 7.11 Å². The van der Waals surface area contributed by atoms with Crippen molar-refractivity contribution in [2.24, 2.45) is 5.73 Å². The van der Waals surface area contributed by atoms with Crippen LogP contribution in [-0.2, 0) is 14.3 Å². The Bertz CT molecular complexity index is 222. The number of hydrogen-bond donors (Lipinski definition) is 2. The molecule has 1 heterocycles. The number of esters is 1. The molecule has 5 nitrogen and oxygen atoms in total. The van der Waals surface area contributed by atoms with Gasteiger partial charge in [-0.3, -0.25) is 4.79 Å². The number of nitrogens with one attached hydrogen (secondary N) is 1. The first-order valence-electron chi connectivity index (χ1n) is 3.74. The first-order chi connectivity index (χ1) is 5.64. The average Bonchev–Trinajstić information content (AvgIpc) is 2.47. The van der Waals surface area contributed by atoms with Crippen molar-refractivity contribution < 1.29 is 14.3 Å². The zero-order valence-corrected chi connectivity index (χ0v) is 8.15. The van der Waals surface area contributed by atoms with E-state index < -0.39 is 11.5 Å². The number of carbonyl (C=O) groups excluding carboxylic acids is 2. The third kappa shape index (κ3) is 2.10. The molecular formula is C7H13ClN2O3. The molecule has 3 N–H and O–H groups in total. The van der Waals surface area contributed by atoms with Gasteiger partial charge in [0.1, 0.15) is 0 Å². The highest BCUT2D eigenvalue weighted by molar-refractivity contribution is 5.91. The van der Waals surface area contributed by atoms with Crippen LogP contribution in [0.2, 0.25) is 0 Å². The van der Waals surface area contributed by atoms with Gasteiger partial charge in [0.05, 0.1) is 7.11 Å². The van der Waals surface area contributed by atoms with Crippen LogP contribution in [0, 0.1) is 0 Å². The number of rotatable bonds is 2. The van der Waals surface area contributed by atoms with Gasteiger partial charge in [0.2, 0.25) is 5.91 Å². The van der Waals surface area contributed by atoms with E-state index in [1.807, 2.05) is 0 Å². The molecule has 1 aliphatic heterocycles. The van der Waals surface area contributed by atoms with E-state index in [-0.39, 0.29) is 24.9 Å². The zero-order valence-electron chi connectivity index (χ0n) is 7.33. The van der Waals surface area contributed by atoms with Crippen LogP contribution in [0.3, 0.4) is 0 Å². The summed E-state index contributed by atoms with van der Waals surface area (Å²) >= 11 is 0. The largest absolute Gasteiger partial charge is 0.467 e. The number of amides is 1. The van der Waals surface area contributed by atoms with Crippen molar-refractivity contribution in [2.45, 2.75) is 18.4 Å². The number of nitrogens with two attached hydrogens (primary N) is 1. The molecule has 0 aliphatic carbocycles. The van der Waals surface area contributed by atoms with Gasteiger partial charge in [-0.05, 0) is 6.42 Å². The maximum absolute atomic E-state index is 11.2. The van der Waals surface area contributed by atoms with Gasteiger partial charge in [0.25, 0.3) is 0 Å². The molecule has 1 atom stereocenters. The number of ether oxygens (including phenoxy) is 1. The summed E-state index contributed by atoms with van der Waals surface area (Å²) in [7, 11) is 1.28. The minimum atomic E-state index is -0.966. The van der Waals surface area contributed by atoms with Gasteiger partial charge in [-0.2, -0.15) is 0 Å². The number of hydrogen-bond acceptors (Lipinski definition) is 4. The van der Waals surface area contributed by atoms with E-state index in [2.05, 4.69) is 10.1 Å². The normalized spacial score (nSPS) is 26.2. The minimum absolute atomic E-state index is 0. The Kier molecular flexibility index (Phi) is 4.16. The molecule has 13 heavy (non-hydrogen) atoms. The Hall–Kier alpha value is -0.810. The lowest BCUT2D eigenvalue weighted by Crippen LogP contribution is -2.54. The second kappa shape index (κ2) is 4.43. The Morgan fingerprint density at radius 3 is 2.69 bits per heavy atom. The summed E-state index contributed by atoms with van der Waals surface area (Å²) < 4.78 is 4.54. The summed E-state index contributed by atoms with van der Waals surface area (Å²) in [5, 5.41) is 2.53. The molecule has 1 saturated heterocycles. The molecule has 0 radical (unpaired) electrons. The van der Waals surface area contributed by atoms with E-state index in [4.69, 9.17) is 5.73 Å². The number of methoxy groups -OCH3 is 1. The molecule has 76 valence electrons. The first kappa shape index (κ1) is 12.2. The highest BCUT2D eigenvalue weighted by Crippen LogP contribution is 2.20. The van der Waals surface area contributed by atoms with Crippen molar-refractivity contribution in [1.29, 1.82) is 0 Å². The van der Waals surface area contributed by atoms with Crippen molar-refractivity contribution in [2.75, 3.05) is 13.7 Å². The number of halogens is 1. The first-order valence-corrected chi connectivity index (χ1v) is 3.74. The van der Waals surface area contributed by atoms with Crippen LogP contribution in [0.5, 0.6) is 0 Å². The Balaban J connectivity index is 0.00000144. The topological polar surface area (TPSA) is 81.4 Å². The van der Waals surface area contributed by atoms with Crippen molar-refractivity contribution in [3.8, 4) is 0 Å². The lowest BCUT2D eigenvalue weighted by atomic mass is 9.98. The van der Waals surface area contributed by atoms with Gasteiger partial charge in [-0.25, -0.2) is 4.79 Å². The molecule has 1 aliphatic rings. The van der Waals surface area contributed by atoms with E-state index >= 15 is 0 Å². The molecule has 0 aromatic heterocycles. The molecule has 0 bridgehead atoms. The van der Waals surface area contributed by atoms with Crippen LogP contribution >= 0.6 is 12.4 Å². The van der Waals surface area contributed by atoms with Gasteiger partial charge >= 0.3 is 5.97 Å². The molecule has 0 aromatic carbocycles. The van der Waals surface area contributed by atoms with Crippen LogP contribution in [0.25, 0.3) is 0 Å². The second-order valence-corrected chi connectivity index (χ2v) is 2.83. The van der Waals surface area contributed by atoms with Crippen LogP contribution in [0.4, 0.5) is 0 Å². The van der Waals surface area contributed by atoms with Gasteiger partial charge in [0.15, 0.2) is 5.54 Å². The maximum atomic E-state index is 11.2. The molecule has 6 heteroatoms. The molecular weight excluding hydrogens is 196 g/mol. The number of carbonyl (C=O) groups is 2. The van der Waals surface area contributed by atoms with Gasteiger partial charge in [-0.15, -0.1) is 12.4 Å². The second-order valence-electron chi connectivity index (χ2n) is 2.83. The summed E-state index contributed by atoms with van der Waals surface area (Å²) in [6.45, 7) is 0.0887. The summed E-state index contributed by atoms with van der Waals surface area (Å²) in [4.78, 5) is 22.1. The predicted octanol–water partition coefficient (Wildman–Crippen LogP) is -0.811. The fourth-order valence-corrected chi connectivity index (χ4v) is 1.30. The van der Waals surface area contributed by atoms with Crippen molar-refractivity contribution in [3.05, 3.63) is 0 Å². The Morgan fingerprint density at radius 2 is 2.38 bits per heavy atom. The summed E-state index contributed by atoms with van der Waals surface area (Å²) in [5.41, 5.74) is 4.43. The molecule has 1 amide bonds. The zero-order chi connectivity index (χ0) is 9.19. The Morgan fingerprint density at radius 1 is 1.77 bits per heavy atom. The third-order valence-electron chi connectivity index (χ3n) is 2.08. The quantitative estimate of drug-likeness (QED) is 0.582. The van der Waals surface area contributed by atoms with E-state index in [0.717, 1.165) is 0 Å². The standard InChI is InChI=1S/C7H12N2O3.ClH/c1-12-6(11)7(4-8)3-2-5(10)9-7;/h2-4,8H2,1H3,(H,9,10);1H/t7-;/m0./s1. The molecule has 1 rings (SSSR count). The Labute approximate surface area is 82.4 Å². The van der Waals surface area contributed by atoms with Crippen molar-refractivity contribution in [1.82, 2.24) is 5.32 Å². The molecule has 0 aromatic rings. The van der Waals surface area contributed by atoms with E-state index in [0.29, 0.717) is 12.8 Å². The monoisotopic (exact) mass is 208 g/mol. The SMILES string of the molecule is COC(=O)[C@@]1(CN)CCC(=O)N1.Cl. The fourth-order valence-electron chi connectivity index (χ4n) is 1.30. The highest BCUT2D eigenvalue weighted by Gasteiger charge is 2.44. The van der Waals surface area contributed by atoms with Gasteiger partial charge < -0.3 is 15.8 Å². The molecule has 0 unspecified atom stereocenters.